The molecule has 0 radical (unpaired) electrons. The molecule has 0 aromatic heterocycles. The fraction of sp³-hybridized carbons (Fsp3) is 0.286. The Labute approximate surface area is 115 Å². The molecule has 6 nitrogen and oxygen atoms in total. The monoisotopic (exact) mass is 277 g/mol. The second-order valence-electron chi connectivity index (χ2n) is 4.16. The zero-order valence-electron chi connectivity index (χ0n) is 11.5. The van der Waals surface area contributed by atoms with Crippen LogP contribution in [0, 0.1) is 0 Å². The van der Waals surface area contributed by atoms with Gasteiger partial charge >= 0.3 is 0 Å². The van der Waals surface area contributed by atoms with Gasteiger partial charge in [0, 0.05) is 7.05 Å². The van der Waals surface area contributed by atoms with Crippen molar-refractivity contribution in [3.8, 4) is 11.5 Å². The van der Waals surface area contributed by atoms with Gasteiger partial charge in [0.25, 0.3) is 10.9 Å². The number of hydrogen-bond acceptors (Lipinski definition) is 6. The Hall–Kier alpha value is -2.34. The average molecular weight is 277 g/mol. The molecular formula is C14H15NO5. The molecule has 0 spiro atoms. The first-order valence-corrected chi connectivity index (χ1v) is 5.95. The highest BCUT2D eigenvalue weighted by Crippen LogP contribution is 2.21. The highest BCUT2D eigenvalue weighted by atomic mass is 16.7. The van der Waals surface area contributed by atoms with Gasteiger partial charge in [-0.1, -0.05) is 12.1 Å². The van der Waals surface area contributed by atoms with Crippen LogP contribution in [0.3, 0.4) is 0 Å². The third kappa shape index (κ3) is 2.50. The summed E-state index contributed by atoms with van der Waals surface area (Å²) in [6.45, 7) is 0.266. The van der Waals surface area contributed by atoms with Gasteiger partial charge in [0.05, 0.1) is 20.8 Å². The fourth-order valence-corrected chi connectivity index (χ4v) is 1.79. The Morgan fingerprint density at radius 2 is 1.65 bits per heavy atom. The van der Waals surface area contributed by atoms with Gasteiger partial charge in [-0.3, -0.25) is 14.4 Å². The Morgan fingerprint density at radius 1 is 1.00 bits per heavy atom. The van der Waals surface area contributed by atoms with Crippen molar-refractivity contribution in [1.29, 1.82) is 0 Å². The lowest BCUT2D eigenvalue weighted by molar-refractivity contribution is 0.106. The van der Waals surface area contributed by atoms with Crippen molar-refractivity contribution in [3.63, 3.8) is 0 Å². The number of methoxy groups -OCH3 is 2. The van der Waals surface area contributed by atoms with Crippen LogP contribution in [0.1, 0.15) is 5.56 Å². The van der Waals surface area contributed by atoms with Crippen LogP contribution in [-0.4, -0.2) is 21.3 Å². The topological polar surface area (TPSA) is 65.1 Å². The summed E-state index contributed by atoms with van der Waals surface area (Å²) in [7, 11) is 4.50. The summed E-state index contributed by atoms with van der Waals surface area (Å²) in [5.74, 6) is 0.790. The van der Waals surface area contributed by atoms with Gasteiger partial charge in [-0.05, 0) is 17.7 Å². The molecule has 0 saturated carbocycles. The van der Waals surface area contributed by atoms with Gasteiger partial charge in [0.2, 0.25) is 5.75 Å². The first kappa shape index (κ1) is 14.1. The molecule has 0 N–H and O–H groups in total. The minimum absolute atomic E-state index is 0.0345. The van der Waals surface area contributed by atoms with Crippen molar-refractivity contribution >= 4 is 5.69 Å². The lowest BCUT2D eigenvalue weighted by Crippen LogP contribution is -2.39. The third-order valence-corrected chi connectivity index (χ3v) is 2.95. The second kappa shape index (κ2) is 5.75. The molecule has 0 amide bonds. The summed E-state index contributed by atoms with van der Waals surface area (Å²) in [4.78, 5) is 28.1. The van der Waals surface area contributed by atoms with Gasteiger partial charge in [-0.2, -0.15) is 0 Å². The molecule has 106 valence electrons. The van der Waals surface area contributed by atoms with Crippen LogP contribution >= 0.6 is 0 Å². The summed E-state index contributed by atoms with van der Waals surface area (Å²) in [6.07, 6.45) is 0. The summed E-state index contributed by atoms with van der Waals surface area (Å²) < 4.78 is 9.91. The number of benzene rings is 1. The average Bonchev–Trinajstić information content (AvgIpc) is 2.49. The van der Waals surface area contributed by atoms with Crippen LogP contribution in [0.25, 0.3) is 0 Å². The van der Waals surface area contributed by atoms with Crippen molar-refractivity contribution in [1.82, 2.24) is 0 Å². The number of ether oxygens (including phenoxy) is 2. The van der Waals surface area contributed by atoms with Gasteiger partial charge in [0.1, 0.15) is 5.75 Å². The van der Waals surface area contributed by atoms with E-state index in [0.29, 0.717) is 0 Å². The highest BCUT2D eigenvalue weighted by molar-refractivity contribution is 5.61. The minimum atomic E-state index is -0.623. The van der Waals surface area contributed by atoms with Crippen LogP contribution in [0.4, 0.5) is 5.69 Å². The van der Waals surface area contributed by atoms with E-state index in [1.807, 2.05) is 24.3 Å². The molecule has 2 aromatic rings. The van der Waals surface area contributed by atoms with E-state index in [4.69, 9.17) is 14.3 Å². The van der Waals surface area contributed by atoms with Crippen LogP contribution in [0.5, 0.6) is 11.5 Å². The number of anilines is 1. The van der Waals surface area contributed by atoms with E-state index in [2.05, 4.69) is 0 Å². The van der Waals surface area contributed by atoms with Crippen molar-refractivity contribution in [2.75, 3.05) is 26.3 Å². The molecule has 0 heterocycles. The predicted molar refractivity (Wildman–Crippen MR) is 74.1 cm³/mol. The maximum atomic E-state index is 11.4. The molecule has 0 atom stereocenters. The van der Waals surface area contributed by atoms with Crippen molar-refractivity contribution in [2.24, 2.45) is 0 Å². The maximum absolute atomic E-state index is 11.4. The van der Waals surface area contributed by atoms with Gasteiger partial charge < -0.3 is 9.47 Å². The number of rotatable bonds is 6. The molecule has 0 saturated heterocycles. The largest absolute Gasteiger partial charge is 0.497 e. The number of nitrogens with zero attached hydrogens (tertiary/aromatic N) is 1. The SMILES string of the molecule is COc1ccc(CON(C)c2c(OC)c(=O)c2=O)cc1. The Morgan fingerprint density at radius 3 is 2.20 bits per heavy atom. The van der Waals surface area contributed by atoms with Gasteiger partial charge in [0.15, 0.2) is 5.69 Å². The lowest BCUT2D eigenvalue weighted by Gasteiger charge is -2.21. The van der Waals surface area contributed by atoms with E-state index in [0.717, 1.165) is 11.3 Å². The van der Waals surface area contributed by atoms with E-state index in [1.54, 1.807) is 14.2 Å². The summed E-state index contributed by atoms with van der Waals surface area (Å²) in [5.41, 5.74) is -0.164. The molecule has 0 bridgehead atoms. The summed E-state index contributed by atoms with van der Waals surface area (Å²) >= 11 is 0. The molecule has 0 fully saturated rings. The Bertz CT molecular complexity index is 655. The summed E-state index contributed by atoms with van der Waals surface area (Å²) in [6, 6.07) is 7.34. The molecule has 0 aliphatic carbocycles. The predicted octanol–water partition coefficient (Wildman–Crippen LogP) is 0.868. The zero-order chi connectivity index (χ0) is 14.7. The number of hydrogen-bond donors (Lipinski definition) is 0. The quantitative estimate of drug-likeness (QED) is 0.576. The highest BCUT2D eigenvalue weighted by Gasteiger charge is 2.25. The first-order chi connectivity index (χ1) is 9.58. The lowest BCUT2D eigenvalue weighted by atomic mass is 10.2. The molecule has 20 heavy (non-hydrogen) atoms. The van der Waals surface area contributed by atoms with E-state index in [9.17, 15) is 9.59 Å². The Kier molecular flexibility index (Phi) is 4.05. The molecular weight excluding hydrogens is 262 g/mol. The maximum Gasteiger partial charge on any atom is 0.272 e. The van der Waals surface area contributed by atoms with E-state index in [1.165, 1.54) is 12.2 Å². The molecule has 0 aliphatic heterocycles. The van der Waals surface area contributed by atoms with Crippen molar-refractivity contribution < 1.29 is 14.3 Å². The van der Waals surface area contributed by atoms with Crippen LogP contribution in [0.15, 0.2) is 33.9 Å². The van der Waals surface area contributed by atoms with Crippen LogP contribution in [0.2, 0.25) is 0 Å². The number of hydroxylamine groups is 1. The van der Waals surface area contributed by atoms with E-state index in [-0.39, 0.29) is 18.0 Å². The molecule has 2 rings (SSSR count). The molecule has 2 aromatic carbocycles. The molecule has 0 unspecified atom stereocenters. The zero-order valence-corrected chi connectivity index (χ0v) is 11.5. The smallest absolute Gasteiger partial charge is 0.272 e. The fourth-order valence-electron chi connectivity index (χ4n) is 1.79. The van der Waals surface area contributed by atoms with Gasteiger partial charge in [-0.15, -0.1) is 0 Å². The molecule has 6 heteroatoms. The minimum Gasteiger partial charge on any atom is -0.497 e. The van der Waals surface area contributed by atoms with Crippen LogP contribution < -0.4 is 25.4 Å². The van der Waals surface area contributed by atoms with E-state index < -0.39 is 10.9 Å². The third-order valence-electron chi connectivity index (χ3n) is 2.95. The van der Waals surface area contributed by atoms with Gasteiger partial charge in [-0.25, -0.2) is 5.06 Å². The first-order valence-electron chi connectivity index (χ1n) is 5.95. The van der Waals surface area contributed by atoms with Crippen molar-refractivity contribution in [2.45, 2.75) is 6.61 Å². The second-order valence-corrected chi connectivity index (χ2v) is 4.16. The normalized spacial score (nSPS) is 10.6. The molecule has 0 aliphatic rings. The van der Waals surface area contributed by atoms with Crippen molar-refractivity contribution in [3.05, 3.63) is 50.3 Å². The standard InChI is InChI=1S/C14H15NO5/c1-15(11-12(16)13(17)14(11)19-3)20-8-9-4-6-10(18-2)7-5-9/h4-7H,8H2,1-3H3. The Balaban J connectivity index is 2.01. The van der Waals surface area contributed by atoms with E-state index >= 15 is 0 Å². The summed E-state index contributed by atoms with van der Waals surface area (Å²) in [5, 5.41) is 1.26. The van der Waals surface area contributed by atoms with Crippen LogP contribution in [-0.2, 0) is 11.4 Å².